The van der Waals surface area contributed by atoms with Crippen molar-refractivity contribution in [3.63, 3.8) is 0 Å². The number of halogens is 1. The summed E-state index contributed by atoms with van der Waals surface area (Å²) in [6.07, 6.45) is 1.58. The Kier molecular flexibility index (Phi) is 9.23. The van der Waals surface area contributed by atoms with Crippen molar-refractivity contribution in [3.8, 4) is 17.2 Å². The van der Waals surface area contributed by atoms with Gasteiger partial charge in [-0.15, -0.1) is 0 Å². The zero-order chi connectivity index (χ0) is 31.4. The van der Waals surface area contributed by atoms with Gasteiger partial charge in [-0.05, 0) is 24.3 Å². The van der Waals surface area contributed by atoms with Crippen molar-refractivity contribution >= 4 is 45.9 Å². The van der Waals surface area contributed by atoms with Crippen LogP contribution in [0.25, 0.3) is 10.9 Å². The quantitative estimate of drug-likeness (QED) is 0.229. The van der Waals surface area contributed by atoms with Crippen LogP contribution in [-0.4, -0.2) is 71.6 Å². The zero-order valence-electron chi connectivity index (χ0n) is 25.1. The molecule has 3 heterocycles. The molecule has 1 fully saturated rings. The molecule has 1 aliphatic rings. The first kappa shape index (κ1) is 31.0. The number of fused-ring (bicyclic) bond motifs is 1. The fraction of sp³-hybridized carbons (Fsp3) is 0.355. The van der Waals surface area contributed by atoms with Crippen LogP contribution in [0.4, 0.5) is 16.3 Å². The van der Waals surface area contributed by atoms with Crippen LogP contribution in [0, 0.1) is 0 Å². The van der Waals surface area contributed by atoms with Gasteiger partial charge in [0.1, 0.15) is 23.1 Å². The van der Waals surface area contributed by atoms with E-state index < -0.39 is 11.9 Å². The standard InChI is InChI=1S/C31H36ClN7O5/c1-31(2,3)27-18-28(39(37-27)10-9-38-11-13-43-14-12-38)36-30(41)35-23-6-5-19(15-22(23)32)44-25-7-8-34-24-17-26(42-4)21(29(33)40)16-20(24)25/h5-8,15-18H,9-14H2,1-4H3,(H2,33,40)(H2,35,36,41). The summed E-state index contributed by atoms with van der Waals surface area (Å²) in [5.74, 6) is 1.13. The molecule has 3 amide bonds. The molecule has 12 nitrogen and oxygen atoms in total. The van der Waals surface area contributed by atoms with Gasteiger partial charge in [0.25, 0.3) is 5.91 Å². The number of hydrogen-bond donors (Lipinski definition) is 3. The molecule has 1 aliphatic heterocycles. The van der Waals surface area contributed by atoms with Crippen molar-refractivity contribution in [2.24, 2.45) is 5.73 Å². The Hall–Kier alpha value is -4.39. The van der Waals surface area contributed by atoms with Gasteiger partial charge in [0.15, 0.2) is 0 Å². The van der Waals surface area contributed by atoms with Gasteiger partial charge in [0, 0.05) is 54.8 Å². The number of pyridine rings is 1. The Morgan fingerprint density at radius 1 is 1.05 bits per heavy atom. The van der Waals surface area contributed by atoms with Gasteiger partial charge in [0.2, 0.25) is 0 Å². The minimum absolute atomic E-state index is 0.191. The molecule has 2 aromatic carbocycles. The summed E-state index contributed by atoms with van der Waals surface area (Å²) in [5.41, 5.74) is 7.38. The molecule has 0 atom stereocenters. The maximum absolute atomic E-state index is 13.1. The number of benzene rings is 2. The van der Waals surface area contributed by atoms with Crippen LogP contribution in [-0.2, 0) is 16.7 Å². The number of aromatic nitrogens is 3. The minimum atomic E-state index is -0.634. The van der Waals surface area contributed by atoms with E-state index in [0.717, 1.165) is 38.5 Å². The lowest BCUT2D eigenvalue weighted by Gasteiger charge is -2.26. The second kappa shape index (κ2) is 13.1. The van der Waals surface area contributed by atoms with Gasteiger partial charge in [-0.25, -0.2) is 9.48 Å². The van der Waals surface area contributed by atoms with Crippen LogP contribution in [0.5, 0.6) is 17.2 Å². The number of carbonyl (C=O) groups is 2. The van der Waals surface area contributed by atoms with Crippen LogP contribution in [0.15, 0.2) is 48.7 Å². The Bertz CT molecular complexity index is 1680. The van der Waals surface area contributed by atoms with E-state index in [1.54, 1.807) is 42.6 Å². The Morgan fingerprint density at radius 3 is 2.50 bits per heavy atom. The lowest BCUT2D eigenvalue weighted by Crippen LogP contribution is -2.38. The molecule has 4 N–H and O–H groups in total. The highest BCUT2D eigenvalue weighted by atomic mass is 35.5. The smallest absolute Gasteiger partial charge is 0.324 e. The van der Waals surface area contributed by atoms with Crippen LogP contribution < -0.4 is 25.8 Å². The highest BCUT2D eigenvalue weighted by Crippen LogP contribution is 2.35. The first-order chi connectivity index (χ1) is 21.0. The molecule has 1 saturated heterocycles. The number of urea groups is 1. The summed E-state index contributed by atoms with van der Waals surface area (Å²) in [6, 6.07) is 11.2. The summed E-state index contributed by atoms with van der Waals surface area (Å²) >= 11 is 6.55. The normalized spacial score (nSPS) is 13.9. The van der Waals surface area contributed by atoms with E-state index in [2.05, 4.69) is 41.3 Å². The number of nitrogens with zero attached hydrogens (tertiary/aromatic N) is 4. The number of methoxy groups -OCH3 is 1. The van der Waals surface area contributed by atoms with Crippen LogP contribution in [0.1, 0.15) is 36.8 Å². The number of morpholine rings is 1. The first-order valence-corrected chi connectivity index (χ1v) is 14.6. The van der Waals surface area contributed by atoms with E-state index in [9.17, 15) is 9.59 Å². The molecule has 0 saturated carbocycles. The summed E-state index contributed by atoms with van der Waals surface area (Å²) < 4.78 is 18.6. The second-order valence-corrected chi connectivity index (χ2v) is 11.8. The topological polar surface area (TPSA) is 146 Å². The number of nitrogens with one attached hydrogen (secondary N) is 2. The summed E-state index contributed by atoms with van der Waals surface area (Å²) in [4.78, 5) is 31.7. The molecule has 232 valence electrons. The number of nitrogens with two attached hydrogens (primary N) is 1. The number of ether oxygens (including phenoxy) is 3. The number of amides is 3. The average Bonchev–Trinajstić information content (AvgIpc) is 3.40. The molecule has 44 heavy (non-hydrogen) atoms. The third-order valence-electron chi connectivity index (χ3n) is 7.23. The van der Waals surface area contributed by atoms with Crippen molar-refractivity contribution in [1.29, 1.82) is 0 Å². The molecule has 0 radical (unpaired) electrons. The van der Waals surface area contributed by atoms with E-state index in [4.69, 9.17) is 36.6 Å². The molecule has 2 aromatic heterocycles. The van der Waals surface area contributed by atoms with E-state index in [-0.39, 0.29) is 16.0 Å². The van der Waals surface area contributed by atoms with Crippen molar-refractivity contribution in [2.45, 2.75) is 32.7 Å². The van der Waals surface area contributed by atoms with Crippen molar-refractivity contribution in [3.05, 3.63) is 64.9 Å². The lowest BCUT2D eigenvalue weighted by atomic mass is 9.92. The maximum Gasteiger partial charge on any atom is 0.324 e. The SMILES string of the molecule is COc1cc2nccc(Oc3ccc(NC(=O)Nc4cc(C(C)(C)C)nn4CCN4CCOCC4)c(Cl)c3)c2cc1C(N)=O. The van der Waals surface area contributed by atoms with Crippen LogP contribution in [0.2, 0.25) is 5.02 Å². The molecule has 5 rings (SSSR count). The molecular formula is C31H36ClN7O5. The van der Waals surface area contributed by atoms with Crippen LogP contribution in [0.3, 0.4) is 0 Å². The largest absolute Gasteiger partial charge is 0.496 e. The number of carbonyl (C=O) groups excluding carboxylic acids is 2. The maximum atomic E-state index is 13.1. The molecular weight excluding hydrogens is 586 g/mol. The zero-order valence-corrected chi connectivity index (χ0v) is 25.9. The number of hydrogen-bond acceptors (Lipinski definition) is 8. The number of primary amides is 1. The molecule has 0 spiro atoms. The Balaban J connectivity index is 1.29. The fourth-order valence-corrected chi connectivity index (χ4v) is 4.99. The lowest BCUT2D eigenvalue weighted by molar-refractivity contribution is 0.0360. The van der Waals surface area contributed by atoms with Gasteiger partial charge in [-0.3, -0.25) is 20.0 Å². The summed E-state index contributed by atoms with van der Waals surface area (Å²) in [7, 11) is 1.45. The summed E-state index contributed by atoms with van der Waals surface area (Å²) in [5, 5.41) is 11.4. The average molecular weight is 622 g/mol. The van der Waals surface area contributed by atoms with Gasteiger partial charge in [-0.1, -0.05) is 32.4 Å². The van der Waals surface area contributed by atoms with Gasteiger partial charge >= 0.3 is 6.03 Å². The third-order valence-corrected chi connectivity index (χ3v) is 7.54. The van der Waals surface area contributed by atoms with Gasteiger partial charge in [-0.2, -0.15) is 5.10 Å². The van der Waals surface area contributed by atoms with Crippen LogP contribution >= 0.6 is 11.6 Å². The highest BCUT2D eigenvalue weighted by molar-refractivity contribution is 6.34. The molecule has 0 bridgehead atoms. The predicted octanol–water partition coefficient (Wildman–Crippen LogP) is 5.26. The summed E-state index contributed by atoms with van der Waals surface area (Å²) in [6.45, 7) is 10.8. The fourth-order valence-electron chi connectivity index (χ4n) is 4.77. The first-order valence-electron chi connectivity index (χ1n) is 14.2. The molecule has 0 unspecified atom stereocenters. The van der Waals surface area contributed by atoms with E-state index in [0.29, 0.717) is 46.2 Å². The molecule has 0 aliphatic carbocycles. The third kappa shape index (κ3) is 7.21. The predicted molar refractivity (Wildman–Crippen MR) is 169 cm³/mol. The van der Waals surface area contributed by atoms with Gasteiger partial charge < -0.3 is 25.3 Å². The van der Waals surface area contributed by atoms with Crippen molar-refractivity contribution in [2.75, 3.05) is 50.6 Å². The minimum Gasteiger partial charge on any atom is -0.496 e. The monoisotopic (exact) mass is 621 g/mol. The number of rotatable bonds is 9. The van der Waals surface area contributed by atoms with Crippen molar-refractivity contribution in [1.82, 2.24) is 19.7 Å². The number of anilines is 2. The van der Waals surface area contributed by atoms with E-state index in [1.807, 2.05) is 10.7 Å². The molecule has 13 heteroatoms. The molecule has 4 aromatic rings. The second-order valence-electron chi connectivity index (χ2n) is 11.4. The van der Waals surface area contributed by atoms with E-state index >= 15 is 0 Å². The highest BCUT2D eigenvalue weighted by Gasteiger charge is 2.22. The van der Waals surface area contributed by atoms with E-state index in [1.165, 1.54) is 7.11 Å². The Morgan fingerprint density at radius 2 is 1.82 bits per heavy atom. The van der Waals surface area contributed by atoms with Crippen molar-refractivity contribution < 1.29 is 23.8 Å². The van der Waals surface area contributed by atoms with Gasteiger partial charge in [0.05, 0.1) is 54.4 Å². The Labute approximate surface area is 260 Å².